The molecule has 1 saturated carbocycles. The van der Waals surface area contributed by atoms with Crippen LogP contribution in [0.15, 0.2) is 53.1 Å². The lowest BCUT2D eigenvalue weighted by Crippen LogP contribution is -2.44. The van der Waals surface area contributed by atoms with Crippen LogP contribution in [0.2, 0.25) is 0 Å². The molecule has 2 aromatic carbocycles. The molecule has 2 heterocycles. The summed E-state index contributed by atoms with van der Waals surface area (Å²) in [6.07, 6.45) is -2.97. The molecular weight excluding hydrogens is 497 g/mol. The van der Waals surface area contributed by atoms with Gasteiger partial charge in [0.05, 0.1) is 10.8 Å². The zero-order valence-corrected chi connectivity index (χ0v) is 19.3. The van der Waals surface area contributed by atoms with E-state index in [9.17, 15) is 28.1 Å². The highest BCUT2D eigenvalue weighted by Gasteiger charge is 2.37. The van der Waals surface area contributed by atoms with E-state index in [1.54, 1.807) is 0 Å². The number of nitro groups is 1. The molecule has 2 aliphatic rings. The van der Waals surface area contributed by atoms with Crippen LogP contribution in [0.1, 0.15) is 54.3 Å². The third kappa shape index (κ3) is 5.98. The number of nitrogens with zero attached hydrogens (tertiary/aromatic N) is 4. The Kier molecular flexibility index (Phi) is 6.44. The van der Waals surface area contributed by atoms with Crippen molar-refractivity contribution in [2.45, 2.75) is 43.4 Å². The molecule has 1 aromatic heterocycles. The minimum absolute atomic E-state index is 0.136. The normalized spacial score (nSPS) is 19.9. The quantitative estimate of drug-likeness (QED) is 0.309. The first-order valence-electron chi connectivity index (χ1n) is 11.5. The number of non-ortho nitro benzene ring substituents is 1. The van der Waals surface area contributed by atoms with E-state index in [-0.39, 0.29) is 48.0 Å². The maximum absolute atomic E-state index is 13.0. The smallest absolute Gasteiger partial charge is 0.410 e. The van der Waals surface area contributed by atoms with E-state index >= 15 is 0 Å². The fourth-order valence-electron chi connectivity index (χ4n) is 4.33. The molecule has 10 nitrogen and oxygen atoms in total. The number of carbonyl (C=O) groups excluding carboxylic acids is 1. The lowest BCUT2D eigenvalue weighted by molar-refractivity contribution is -0.384. The molecule has 5 rings (SSSR count). The van der Waals surface area contributed by atoms with E-state index in [2.05, 4.69) is 14.9 Å². The number of hydrogen-bond donors (Lipinski definition) is 0. The van der Waals surface area contributed by atoms with Crippen LogP contribution in [0.5, 0.6) is 11.5 Å². The minimum atomic E-state index is -4.80. The van der Waals surface area contributed by atoms with Crippen LogP contribution in [0, 0.1) is 10.1 Å². The number of benzene rings is 2. The Balaban J connectivity index is 1.35. The number of piperidine rings is 1. The second kappa shape index (κ2) is 9.71. The number of nitro benzene ring substituents is 1. The lowest BCUT2D eigenvalue weighted by atomic mass is 9.84. The Labute approximate surface area is 208 Å². The average Bonchev–Trinajstić information content (AvgIpc) is 3.59. The van der Waals surface area contributed by atoms with Crippen molar-refractivity contribution in [2.24, 2.45) is 0 Å². The molecule has 1 amide bonds. The Morgan fingerprint density at radius 1 is 1.00 bits per heavy atom. The van der Waals surface area contributed by atoms with Gasteiger partial charge in [-0.25, -0.2) is 4.79 Å². The van der Waals surface area contributed by atoms with Crippen LogP contribution in [-0.4, -0.2) is 45.5 Å². The van der Waals surface area contributed by atoms with Crippen molar-refractivity contribution in [1.82, 2.24) is 15.0 Å². The van der Waals surface area contributed by atoms with Crippen LogP contribution < -0.4 is 9.47 Å². The number of likely N-dealkylation sites (tertiary alicyclic amines) is 1. The van der Waals surface area contributed by atoms with Gasteiger partial charge in [0, 0.05) is 37.1 Å². The van der Waals surface area contributed by atoms with Gasteiger partial charge in [-0.15, -0.1) is 13.2 Å². The van der Waals surface area contributed by atoms with E-state index in [0.29, 0.717) is 23.7 Å². The molecule has 2 unspecified atom stereocenters. The highest BCUT2D eigenvalue weighted by atomic mass is 19.4. The van der Waals surface area contributed by atoms with E-state index in [0.717, 1.165) is 12.8 Å². The Bertz CT molecular complexity index is 1270. The van der Waals surface area contributed by atoms with Crippen LogP contribution in [-0.2, 0) is 0 Å². The molecule has 0 radical (unpaired) electrons. The first-order chi connectivity index (χ1) is 17.6. The van der Waals surface area contributed by atoms with Gasteiger partial charge in [-0.1, -0.05) is 17.3 Å². The molecule has 37 heavy (non-hydrogen) atoms. The van der Waals surface area contributed by atoms with E-state index in [4.69, 9.17) is 9.26 Å². The van der Waals surface area contributed by atoms with Crippen LogP contribution in [0.3, 0.4) is 0 Å². The molecule has 0 bridgehead atoms. The second-order valence-electron chi connectivity index (χ2n) is 9.04. The zero-order chi connectivity index (χ0) is 26.2. The topological polar surface area (TPSA) is 121 Å². The number of ether oxygens (including phenoxy) is 2. The molecule has 13 heteroatoms. The van der Waals surface area contributed by atoms with E-state index < -0.39 is 17.4 Å². The molecule has 1 aliphatic heterocycles. The number of halogens is 3. The number of aromatic nitrogens is 2. The lowest BCUT2D eigenvalue weighted by Gasteiger charge is -2.36. The fourth-order valence-corrected chi connectivity index (χ4v) is 4.33. The van der Waals surface area contributed by atoms with Crippen molar-refractivity contribution in [2.75, 3.05) is 13.1 Å². The molecule has 2 atom stereocenters. The number of carbonyl (C=O) groups is 1. The molecular formula is C24H21F3N4O6. The van der Waals surface area contributed by atoms with Crippen molar-refractivity contribution in [3.8, 4) is 11.5 Å². The van der Waals surface area contributed by atoms with Gasteiger partial charge in [0.1, 0.15) is 11.5 Å². The van der Waals surface area contributed by atoms with Gasteiger partial charge in [0.25, 0.3) is 5.69 Å². The summed E-state index contributed by atoms with van der Waals surface area (Å²) in [6.45, 7) is 0.454. The largest absolute Gasteiger partial charge is 0.573 e. The Morgan fingerprint density at radius 2 is 1.65 bits per heavy atom. The number of alkyl halides is 3. The predicted octanol–water partition coefficient (Wildman–Crippen LogP) is 5.53. The summed E-state index contributed by atoms with van der Waals surface area (Å²) in [4.78, 5) is 29.3. The highest BCUT2D eigenvalue weighted by molar-refractivity contribution is 5.71. The molecule has 0 N–H and O–H groups in total. The second-order valence-corrected chi connectivity index (χ2v) is 9.04. The molecule has 1 saturated heterocycles. The molecule has 3 aromatic rings. The summed E-state index contributed by atoms with van der Waals surface area (Å²) < 4.78 is 52.5. The third-order valence-corrected chi connectivity index (χ3v) is 6.30. The summed E-state index contributed by atoms with van der Waals surface area (Å²) >= 11 is 0. The number of amides is 1. The fraction of sp³-hybridized carbons (Fsp3) is 0.375. The van der Waals surface area contributed by atoms with Gasteiger partial charge < -0.3 is 18.9 Å². The SMILES string of the molecule is O=C(Oc1ccc([N+](=O)[O-])cc1)N1CC(c2ccc(OC(F)(F)F)cc2)CC(c2nc(C3CC3)no2)C1. The van der Waals surface area contributed by atoms with Gasteiger partial charge >= 0.3 is 12.5 Å². The van der Waals surface area contributed by atoms with Crippen LogP contribution in [0.25, 0.3) is 0 Å². The summed E-state index contributed by atoms with van der Waals surface area (Å²) in [6, 6.07) is 10.6. The van der Waals surface area contributed by atoms with Gasteiger partial charge in [-0.05, 0) is 49.1 Å². The maximum Gasteiger partial charge on any atom is 0.573 e. The summed E-state index contributed by atoms with van der Waals surface area (Å²) in [7, 11) is 0. The maximum atomic E-state index is 13.0. The van der Waals surface area contributed by atoms with Crippen molar-refractivity contribution >= 4 is 11.8 Å². The molecule has 1 aliphatic carbocycles. The summed E-state index contributed by atoms with van der Waals surface area (Å²) in [5, 5.41) is 14.9. The van der Waals surface area contributed by atoms with E-state index in [1.165, 1.54) is 53.4 Å². The molecule has 2 fully saturated rings. The first kappa shape index (κ1) is 24.5. The van der Waals surface area contributed by atoms with Crippen molar-refractivity contribution in [1.29, 1.82) is 0 Å². The first-order valence-corrected chi connectivity index (χ1v) is 11.5. The van der Waals surface area contributed by atoms with Gasteiger partial charge in [0.15, 0.2) is 5.82 Å². The van der Waals surface area contributed by atoms with Gasteiger partial charge in [-0.2, -0.15) is 4.98 Å². The van der Waals surface area contributed by atoms with Crippen molar-refractivity contribution in [3.63, 3.8) is 0 Å². The molecule has 0 spiro atoms. The van der Waals surface area contributed by atoms with Crippen LogP contribution in [0.4, 0.5) is 23.7 Å². The predicted molar refractivity (Wildman–Crippen MR) is 120 cm³/mol. The highest BCUT2D eigenvalue weighted by Crippen LogP contribution is 2.41. The van der Waals surface area contributed by atoms with Gasteiger partial charge in [0.2, 0.25) is 5.89 Å². The Hall–Kier alpha value is -4.16. The summed E-state index contributed by atoms with van der Waals surface area (Å²) in [5.74, 6) is 0.498. The third-order valence-electron chi connectivity index (χ3n) is 6.30. The number of hydrogen-bond acceptors (Lipinski definition) is 8. The van der Waals surface area contributed by atoms with Crippen molar-refractivity contribution < 1.29 is 36.9 Å². The van der Waals surface area contributed by atoms with E-state index in [1.807, 2.05) is 0 Å². The zero-order valence-electron chi connectivity index (χ0n) is 19.3. The van der Waals surface area contributed by atoms with Crippen LogP contribution >= 0.6 is 0 Å². The minimum Gasteiger partial charge on any atom is -0.410 e. The summed E-state index contributed by atoms with van der Waals surface area (Å²) in [5.41, 5.74) is 0.563. The monoisotopic (exact) mass is 518 g/mol. The molecule has 194 valence electrons. The standard InChI is InChI=1S/C24H21F3N4O6/c25-24(26,27)36-20-7-3-14(4-8-20)16-11-17(22-28-21(29-37-22)15-1-2-15)13-30(12-16)23(32)35-19-9-5-18(6-10-19)31(33)34/h3-10,15-17H,1-2,11-13H2. The number of rotatable bonds is 6. The van der Waals surface area contributed by atoms with Crippen molar-refractivity contribution in [3.05, 3.63) is 75.9 Å². The average molecular weight is 518 g/mol. The van der Waals surface area contributed by atoms with Gasteiger partial charge in [-0.3, -0.25) is 10.1 Å². The Morgan fingerprint density at radius 3 is 2.27 bits per heavy atom.